The normalized spacial score (nSPS) is 12.0. The van der Waals surface area contributed by atoms with Crippen LogP contribution in [-0.4, -0.2) is 16.4 Å². The minimum Gasteiger partial charge on any atom is -0.325 e. The summed E-state index contributed by atoms with van der Waals surface area (Å²) in [5.41, 5.74) is 4.28. The summed E-state index contributed by atoms with van der Waals surface area (Å²) in [4.78, 5) is 24.7. The number of carbonyl (C=O) groups is 1. The van der Waals surface area contributed by atoms with Crippen molar-refractivity contribution in [2.45, 2.75) is 38.0 Å². The summed E-state index contributed by atoms with van der Waals surface area (Å²) in [6, 6.07) is 13.4. The molecule has 0 spiro atoms. The van der Waals surface area contributed by atoms with Crippen LogP contribution >= 0.6 is 11.8 Å². The molecular weight excluding hydrogens is 362 g/mol. The van der Waals surface area contributed by atoms with Gasteiger partial charge in [0.2, 0.25) is 11.6 Å². The number of H-pyrrole nitrogens is 1. The molecule has 1 atom stereocenters. The Kier molecular flexibility index (Phi) is 5.51. The maximum Gasteiger partial charge on any atom is 0.442 e. The van der Waals surface area contributed by atoms with E-state index in [1.807, 2.05) is 63.2 Å². The van der Waals surface area contributed by atoms with Crippen LogP contribution in [0, 0.1) is 20.8 Å². The molecule has 3 rings (SSSR count). The first kappa shape index (κ1) is 19.0. The van der Waals surface area contributed by atoms with Crippen molar-refractivity contribution < 1.29 is 14.0 Å². The summed E-state index contributed by atoms with van der Waals surface area (Å²) in [6.45, 7) is 7.71. The van der Waals surface area contributed by atoms with Gasteiger partial charge in [0.15, 0.2) is 0 Å². The van der Waals surface area contributed by atoms with Crippen molar-refractivity contribution in [2.24, 2.45) is 0 Å². The van der Waals surface area contributed by atoms with Gasteiger partial charge in [-0.25, -0.2) is 4.79 Å². The molecule has 0 saturated heterocycles. The van der Waals surface area contributed by atoms with Crippen molar-refractivity contribution in [1.29, 1.82) is 0 Å². The Labute approximate surface area is 161 Å². The molecule has 2 N–H and O–H groups in total. The van der Waals surface area contributed by atoms with Gasteiger partial charge in [0, 0.05) is 17.8 Å². The lowest BCUT2D eigenvalue weighted by Crippen LogP contribution is -2.37. The van der Waals surface area contributed by atoms with Crippen molar-refractivity contribution in [3.05, 3.63) is 69.6 Å². The Morgan fingerprint density at radius 3 is 2.56 bits per heavy atom. The minimum absolute atomic E-state index is 0.176. The van der Waals surface area contributed by atoms with Crippen molar-refractivity contribution in [3.8, 4) is 5.69 Å². The number of aromatic amines is 1. The molecule has 0 bridgehead atoms. The molecule has 0 saturated carbocycles. The molecule has 27 heavy (non-hydrogen) atoms. The first-order valence-corrected chi connectivity index (χ1v) is 9.49. The second-order valence-electron chi connectivity index (χ2n) is 6.45. The molecule has 0 fully saturated rings. The third kappa shape index (κ3) is 4.14. The summed E-state index contributed by atoms with van der Waals surface area (Å²) < 4.78 is 6.49. The largest absolute Gasteiger partial charge is 0.442 e. The fourth-order valence-electron chi connectivity index (χ4n) is 2.57. The number of amides is 1. The predicted molar refractivity (Wildman–Crippen MR) is 105 cm³/mol. The van der Waals surface area contributed by atoms with Crippen LogP contribution in [0.4, 0.5) is 5.69 Å². The fourth-order valence-corrected chi connectivity index (χ4v) is 3.46. The van der Waals surface area contributed by atoms with E-state index >= 15 is 0 Å². The molecule has 1 heterocycles. The number of thioether (sulfide) groups is 1. The van der Waals surface area contributed by atoms with Gasteiger partial charge in [-0.05, 0) is 66.6 Å². The molecular formula is C20H22N3O3S+. The molecule has 1 aromatic heterocycles. The molecule has 140 valence electrons. The molecule has 7 heteroatoms. The zero-order chi connectivity index (χ0) is 19.6. The van der Waals surface area contributed by atoms with E-state index in [4.69, 9.17) is 4.52 Å². The van der Waals surface area contributed by atoms with Crippen LogP contribution in [0.15, 0.2) is 56.8 Å². The van der Waals surface area contributed by atoms with E-state index in [1.54, 1.807) is 11.6 Å². The maximum absolute atomic E-state index is 12.6. The minimum atomic E-state index is -0.507. The van der Waals surface area contributed by atoms with Gasteiger partial charge in [-0.1, -0.05) is 29.8 Å². The number of benzene rings is 2. The topological polar surface area (TPSA) is 79.0 Å². The third-order valence-electron chi connectivity index (χ3n) is 4.42. The highest BCUT2D eigenvalue weighted by Gasteiger charge is 2.29. The van der Waals surface area contributed by atoms with Gasteiger partial charge < -0.3 is 5.32 Å². The average Bonchev–Trinajstić information content (AvgIpc) is 3.00. The number of anilines is 1. The molecule has 1 amide bonds. The number of nitrogens with one attached hydrogen (secondary N) is 2. The number of hydrogen-bond acceptors (Lipinski definition) is 4. The number of nitrogens with zero attached hydrogens (tertiary/aromatic N) is 1. The van der Waals surface area contributed by atoms with Gasteiger partial charge in [0.25, 0.3) is 0 Å². The monoisotopic (exact) mass is 384 g/mol. The smallest absolute Gasteiger partial charge is 0.325 e. The molecule has 0 aliphatic heterocycles. The molecule has 1 unspecified atom stereocenters. The number of aromatic nitrogens is 2. The van der Waals surface area contributed by atoms with Crippen molar-refractivity contribution in [3.63, 3.8) is 0 Å². The van der Waals surface area contributed by atoms with Gasteiger partial charge in [0.1, 0.15) is 0 Å². The summed E-state index contributed by atoms with van der Waals surface area (Å²) >= 11 is 1.15. The van der Waals surface area contributed by atoms with Gasteiger partial charge in [0.05, 0.1) is 5.25 Å². The summed E-state index contributed by atoms with van der Waals surface area (Å²) in [7, 11) is 0. The molecule has 0 aliphatic carbocycles. The van der Waals surface area contributed by atoms with Crippen molar-refractivity contribution in [1.82, 2.24) is 5.27 Å². The van der Waals surface area contributed by atoms with Crippen LogP contribution in [0.25, 0.3) is 5.69 Å². The zero-order valence-electron chi connectivity index (χ0n) is 15.7. The second-order valence-corrected chi connectivity index (χ2v) is 7.78. The Morgan fingerprint density at radius 1 is 1.15 bits per heavy atom. The van der Waals surface area contributed by atoms with Crippen LogP contribution in [0.1, 0.15) is 23.6 Å². The van der Waals surface area contributed by atoms with Gasteiger partial charge >= 0.3 is 10.7 Å². The number of rotatable bonds is 5. The Bertz CT molecular complexity index is 1020. The lowest BCUT2D eigenvalue weighted by atomic mass is 10.1. The number of hydrogen-bond donors (Lipinski definition) is 2. The highest BCUT2D eigenvalue weighted by molar-refractivity contribution is 8.00. The number of carbonyl (C=O) groups excluding carboxylic acids is 1. The van der Waals surface area contributed by atoms with Gasteiger partial charge in [-0.3, -0.25) is 9.32 Å². The quantitative estimate of drug-likeness (QED) is 0.523. The predicted octanol–water partition coefficient (Wildman–Crippen LogP) is 3.29. The summed E-state index contributed by atoms with van der Waals surface area (Å²) in [6.07, 6.45) is 0. The number of aryl methyl sites for hydroxylation is 2. The highest BCUT2D eigenvalue weighted by Crippen LogP contribution is 2.22. The summed E-state index contributed by atoms with van der Waals surface area (Å²) in [5, 5.41) is 5.37. The van der Waals surface area contributed by atoms with Crippen LogP contribution in [0.3, 0.4) is 0 Å². The Balaban J connectivity index is 1.80. The molecule has 3 aromatic rings. The van der Waals surface area contributed by atoms with Crippen LogP contribution in [-0.2, 0) is 4.79 Å². The van der Waals surface area contributed by atoms with E-state index in [0.717, 1.165) is 39.8 Å². The lowest BCUT2D eigenvalue weighted by Gasteiger charge is -2.12. The second kappa shape index (κ2) is 7.84. The van der Waals surface area contributed by atoms with E-state index in [-0.39, 0.29) is 5.91 Å². The van der Waals surface area contributed by atoms with E-state index in [1.165, 1.54) is 0 Å². The van der Waals surface area contributed by atoms with Gasteiger partial charge in [-0.15, -0.1) is 0 Å². The van der Waals surface area contributed by atoms with E-state index in [9.17, 15) is 9.59 Å². The first-order chi connectivity index (χ1) is 12.9. The SMILES string of the molecule is Cc1ccc(-[n+]2[nH]oc(=O)c2SC(C)C(=O)Nc2cccc(C)c2C)cc1. The summed E-state index contributed by atoms with van der Waals surface area (Å²) in [5.74, 6) is -0.176. The van der Waals surface area contributed by atoms with Crippen LogP contribution < -0.4 is 15.6 Å². The fraction of sp³-hybridized carbons (Fsp3) is 0.250. The van der Waals surface area contributed by atoms with Crippen molar-refractivity contribution in [2.75, 3.05) is 5.32 Å². The molecule has 2 aromatic carbocycles. The molecule has 0 aliphatic rings. The highest BCUT2D eigenvalue weighted by atomic mass is 32.2. The Morgan fingerprint density at radius 2 is 1.85 bits per heavy atom. The lowest BCUT2D eigenvalue weighted by molar-refractivity contribution is -0.704. The average molecular weight is 384 g/mol. The third-order valence-corrected chi connectivity index (χ3v) is 5.56. The standard InChI is InChI=1S/C20H21N3O3S/c1-12-8-10-16(11-9-12)23-19(20(25)26-22-23)27-15(4)18(24)21-17-7-5-6-13(2)14(17)3/h5-11,15H,1-4H3,(H-,21,22,24,25)/p+1. The van der Waals surface area contributed by atoms with Crippen LogP contribution in [0.2, 0.25) is 0 Å². The molecule has 6 nitrogen and oxygen atoms in total. The van der Waals surface area contributed by atoms with Crippen LogP contribution in [0.5, 0.6) is 0 Å². The zero-order valence-corrected chi connectivity index (χ0v) is 16.5. The van der Waals surface area contributed by atoms with E-state index in [2.05, 4.69) is 10.6 Å². The van der Waals surface area contributed by atoms with Gasteiger partial charge in [-0.2, -0.15) is 0 Å². The van der Waals surface area contributed by atoms with E-state index in [0.29, 0.717) is 5.03 Å². The molecule has 0 radical (unpaired) electrons. The maximum atomic E-state index is 12.6. The van der Waals surface area contributed by atoms with Crippen molar-refractivity contribution >= 4 is 23.4 Å². The Hall–Kier alpha value is -2.80. The first-order valence-electron chi connectivity index (χ1n) is 8.61. The van der Waals surface area contributed by atoms with E-state index < -0.39 is 10.9 Å².